The Kier molecular flexibility index (Phi) is 4.39. The molecule has 1 rings (SSSR count). The summed E-state index contributed by atoms with van der Waals surface area (Å²) in [7, 11) is 1.39. The van der Waals surface area contributed by atoms with E-state index in [1.807, 2.05) is 0 Å². The number of rotatable bonds is 5. The number of aromatic nitrogens is 2. The van der Waals surface area contributed by atoms with Crippen molar-refractivity contribution in [3.8, 4) is 5.75 Å². The molecule has 0 saturated carbocycles. The Morgan fingerprint density at radius 2 is 2.18 bits per heavy atom. The standard InChI is InChI=1S/C10H15F3N2O2/c1-3-15-9(8(17-2)6-14-15)7(16)4-5-10(11,12)13/h6-7,16H,3-5H2,1-2H3. The van der Waals surface area contributed by atoms with Crippen molar-refractivity contribution in [2.24, 2.45) is 0 Å². The van der Waals surface area contributed by atoms with Crippen LogP contribution in [0.15, 0.2) is 6.20 Å². The van der Waals surface area contributed by atoms with Crippen LogP contribution in [0.2, 0.25) is 0 Å². The van der Waals surface area contributed by atoms with Crippen molar-refractivity contribution in [3.05, 3.63) is 11.9 Å². The van der Waals surface area contributed by atoms with Crippen molar-refractivity contribution in [2.45, 2.75) is 38.6 Å². The van der Waals surface area contributed by atoms with Crippen molar-refractivity contribution in [1.29, 1.82) is 0 Å². The zero-order chi connectivity index (χ0) is 13.1. The lowest BCUT2D eigenvalue weighted by Gasteiger charge is -2.15. The Bertz CT molecular complexity index is 341. The zero-order valence-electron chi connectivity index (χ0n) is 9.66. The second-order valence-electron chi connectivity index (χ2n) is 3.58. The maximum Gasteiger partial charge on any atom is 0.389 e. The van der Waals surface area contributed by atoms with Gasteiger partial charge in [0.2, 0.25) is 0 Å². The van der Waals surface area contributed by atoms with Gasteiger partial charge in [-0.3, -0.25) is 4.68 Å². The molecular formula is C10H15F3N2O2. The van der Waals surface area contributed by atoms with Crippen LogP contribution >= 0.6 is 0 Å². The molecule has 4 nitrogen and oxygen atoms in total. The lowest BCUT2D eigenvalue weighted by atomic mass is 10.1. The highest BCUT2D eigenvalue weighted by Gasteiger charge is 2.30. The minimum Gasteiger partial charge on any atom is -0.493 e. The van der Waals surface area contributed by atoms with Gasteiger partial charge in [0.25, 0.3) is 0 Å². The van der Waals surface area contributed by atoms with Crippen LogP contribution in [-0.2, 0) is 6.54 Å². The molecule has 0 aliphatic rings. The van der Waals surface area contributed by atoms with E-state index in [1.165, 1.54) is 18.0 Å². The number of halogens is 3. The zero-order valence-corrected chi connectivity index (χ0v) is 9.66. The summed E-state index contributed by atoms with van der Waals surface area (Å²) in [6.45, 7) is 2.24. The summed E-state index contributed by atoms with van der Waals surface area (Å²) < 4.78 is 42.6. The van der Waals surface area contributed by atoms with E-state index in [9.17, 15) is 18.3 Å². The minimum absolute atomic E-state index is 0.291. The van der Waals surface area contributed by atoms with Crippen LogP contribution in [0.1, 0.15) is 31.6 Å². The van der Waals surface area contributed by atoms with Gasteiger partial charge in [0, 0.05) is 13.0 Å². The summed E-state index contributed by atoms with van der Waals surface area (Å²) in [5, 5.41) is 13.7. The molecule has 0 spiro atoms. The molecule has 0 aromatic carbocycles. The summed E-state index contributed by atoms with van der Waals surface area (Å²) >= 11 is 0. The summed E-state index contributed by atoms with van der Waals surface area (Å²) in [6.07, 6.45) is -5.55. The van der Waals surface area contributed by atoms with Gasteiger partial charge in [-0.05, 0) is 13.3 Å². The van der Waals surface area contributed by atoms with E-state index >= 15 is 0 Å². The third-order valence-electron chi connectivity index (χ3n) is 2.38. The summed E-state index contributed by atoms with van der Waals surface area (Å²) in [4.78, 5) is 0. The Hall–Kier alpha value is -1.24. The number of hydrogen-bond donors (Lipinski definition) is 1. The summed E-state index contributed by atoms with van der Waals surface area (Å²) in [6, 6.07) is 0. The molecule has 1 atom stereocenters. The molecule has 0 aliphatic heterocycles. The molecule has 0 amide bonds. The second-order valence-corrected chi connectivity index (χ2v) is 3.58. The van der Waals surface area contributed by atoms with Gasteiger partial charge in [-0.1, -0.05) is 0 Å². The van der Waals surface area contributed by atoms with Crippen molar-refractivity contribution in [1.82, 2.24) is 9.78 Å². The molecule has 17 heavy (non-hydrogen) atoms. The number of methoxy groups -OCH3 is 1. The van der Waals surface area contributed by atoms with Gasteiger partial charge in [0.05, 0.1) is 19.4 Å². The van der Waals surface area contributed by atoms with Gasteiger partial charge >= 0.3 is 6.18 Å². The van der Waals surface area contributed by atoms with Gasteiger partial charge in [-0.15, -0.1) is 0 Å². The number of nitrogens with zero attached hydrogens (tertiary/aromatic N) is 2. The third-order valence-corrected chi connectivity index (χ3v) is 2.38. The lowest BCUT2D eigenvalue weighted by Crippen LogP contribution is -2.13. The average molecular weight is 252 g/mol. The molecule has 1 heterocycles. The summed E-state index contributed by atoms with van der Waals surface area (Å²) in [5.41, 5.74) is 0.291. The van der Waals surface area contributed by atoms with E-state index in [0.29, 0.717) is 18.0 Å². The number of aliphatic hydroxyl groups excluding tert-OH is 1. The minimum atomic E-state index is -4.27. The van der Waals surface area contributed by atoms with Crippen LogP contribution in [0.3, 0.4) is 0 Å². The van der Waals surface area contributed by atoms with Crippen molar-refractivity contribution in [3.63, 3.8) is 0 Å². The van der Waals surface area contributed by atoms with Crippen LogP contribution in [0.5, 0.6) is 5.75 Å². The molecule has 98 valence electrons. The van der Waals surface area contributed by atoms with Gasteiger partial charge in [-0.2, -0.15) is 18.3 Å². The molecule has 1 unspecified atom stereocenters. The maximum absolute atomic E-state index is 12.1. The number of aliphatic hydroxyl groups is 1. The molecule has 0 saturated heterocycles. The molecule has 0 bridgehead atoms. The Morgan fingerprint density at radius 3 is 2.65 bits per heavy atom. The van der Waals surface area contributed by atoms with Crippen molar-refractivity contribution >= 4 is 0 Å². The molecule has 1 aromatic rings. The van der Waals surface area contributed by atoms with E-state index in [1.54, 1.807) is 6.92 Å². The number of ether oxygens (including phenoxy) is 1. The van der Waals surface area contributed by atoms with E-state index in [4.69, 9.17) is 4.74 Å². The van der Waals surface area contributed by atoms with E-state index in [-0.39, 0.29) is 0 Å². The topological polar surface area (TPSA) is 47.3 Å². The first-order chi connectivity index (χ1) is 7.89. The predicted octanol–water partition coefficient (Wildman–Crippen LogP) is 2.29. The number of hydrogen-bond acceptors (Lipinski definition) is 3. The normalized spacial score (nSPS) is 13.8. The fourth-order valence-electron chi connectivity index (χ4n) is 1.56. The largest absolute Gasteiger partial charge is 0.493 e. The Labute approximate surface area is 97.0 Å². The van der Waals surface area contributed by atoms with Crippen molar-refractivity contribution in [2.75, 3.05) is 7.11 Å². The molecule has 7 heteroatoms. The second kappa shape index (κ2) is 5.39. The van der Waals surface area contributed by atoms with Crippen molar-refractivity contribution < 1.29 is 23.0 Å². The first kappa shape index (κ1) is 13.8. The van der Waals surface area contributed by atoms with E-state index in [0.717, 1.165) is 0 Å². The van der Waals surface area contributed by atoms with Crippen LogP contribution in [-0.4, -0.2) is 28.2 Å². The lowest BCUT2D eigenvalue weighted by molar-refractivity contribution is -0.140. The molecular weight excluding hydrogens is 237 g/mol. The molecule has 1 aromatic heterocycles. The average Bonchev–Trinajstić information content (AvgIpc) is 2.67. The Morgan fingerprint density at radius 1 is 1.53 bits per heavy atom. The van der Waals surface area contributed by atoms with Crippen LogP contribution < -0.4 is 4.74 Å². The SMILES string of the molecule is CCn1ncc(OC)c1C(O)CCC(F)(F)F. The summed E-state index contributed by atoms with van der Waals surface area (Å²) in [5.74, 6) is 0.307. The highest BCUT2D eigenvalue weighted by Crippen LogP contribution is 2.31. The highest BCUT2D eigenvalue weighted by molar-refractivity contribution is 5.27. The highest BCUT2D eigenvalue weighted by atomic mass is 19.4. The molecule has 0 fully saturated rings. The molecule has 1 N–H and O–H groups in total. The van der Waals surface area contributed by atoms with Gasteiger partial charge < -0.3 is 9.84 Å². The maximum atomic E-state index is 12.1. The number of aryl methyl sites for hydroxylation is 1. The van der Waals surface area contributed by atoms with E-state index < -0.39 is 25.1 Å². The van der Waals surface area contributed by atoms with Gasteiger partial charge in [0.1, 0.15) is 5.69 Å². The monoisotopic (exact) mass is 252 g/mol. The fraction of sp³-hybridized carbons (Fsp3) is 0.700. The third kappa shape index (κ3) is 3.62. The molecule has 0 aliphatic carbocycles. The van der Waals surface area contributed by atoms with Gasteiger partial charge in [-0.25, -0.2) is 0 Å². The molecule has 0 radical (unpaired) electrons. The predicted molar refractivity (Wildman–Crippen MR) is 54.7 cm³/mol. The van der Waals surface area contributed by atoms with E-state index in [2.05, 4.69) is 5.10 Å². The quantitative estimate of drug-likeness (QED) is 0.874. The van der Waals surface area contributed by atoms with Gasteiger partial charge in [0.15, 0.2) is 5.75 Å². The smallest absolute Gasteiger partial charge is 0.389 e. The first-order valence-electron chi connectivity index (χ1n) is 5.23. The van der Waals surface area contributed by atoms with Crippen LogP contribution in [0.25, 0.3) is 0 Å². The first-order valence-corrected chi connectivity index (χ1v) is 5.23. The number of alkyl halides is 3. The fourth-order valence-corrected chi connectivity index (χ4v) is 1.56. The Balaban J connectivity index is 2.79. The van der Waals surface area contributed by atoms with Crippen LogP contribution in [0.4, 0.5) is 13.2 Å². The van der Waals surface area contributed by atoms with Crippen LogP contribution in [0, 0.1) is 0 Å².